The van der Waals surface area contributed by atoms with Gasteiger partial charge >= 0.3 is 5.97 Å². The molecule has 1 aliphatic heterocycles. The minimum Gasteiger partial charge on any atom is -0.465 e. The fourth-order valence-corrected chi connectivity index (χ4v) is 2.51. The zero-order valence-corrected chi connectivity index (χ0v) is 10.2. The molecule has 0 spiro atoms. The van der Waals surface area contributed by atoms with Crippen LogP contribution in [0.4, 0.5) is 5.82 Å². The normalized spacial score (nSPS) is 19.8. The molecule has 2 N–H and O–H groups in total. The van der Waals surface area contributed by atoms with E-state index in [0.717, 1.165) is 0 Å². The Hall–Kier alpha value is -1.47. The Bertz CT molecular complexity index is 446. The molecule has 1 unspecified atom stereocenters. The van der Waals surface area contributed by atoms with Crippen LogP contribution >= 0.6 is 11.3 Å². The molecule has 92 valence electrons. The van der Waals surface area contributed by atoms with Crippen molar-refractivity contribution in [2.24, 2.45) is 11.7 Å². The lowest BCUT2D eigenvalue weighted by atomic mass is 10.1. The van der Waals surface area contributed by atoms with Gasteiger partial charge in [0.1, 0.15) is 0 Å². The number of methoxy groups -OCH3 is 1. The quantitative estimate of drug-likeness (QED) is 0.782. The first-order valence-electron chi connectivity index (χ1n) is 5.19. The standard InChI is InChI=1S/C10H13N3O3S/c1-16-10(15)8-9(12-5-17-8)13-4-6(3-11)2-7(13)14/h5-6H,2-4,11H2,1H3. The van der Waals surface area contributed by atoms with Crippen molar-refractivity contribution in [3.8, 4) is 0 Å². The second-order valence-corrected chi connectivity index (χ2v) is 4.66. The summed E-state index contributed by atoms with van der Waals surface area (Å²) in [5.74, 6) is 0.0144. The molecule has 0 saturated carbocycles. The van der Waals surface area contributed by atoms with Crippen molar-refractivity contribution in [3.63, 3.8) is 0 Å². The number of rotatable bonds is 3. The maximum Gasteiger partial charge on any atom is 0.351 e. The Kier molecular flexibility index (Phi) is 3.39. The van der Waals surface area contributed by atoms with Gasteiger partial charge in [-0.15, -0.1) is 11.3 Å². The number of hydrogen-bond donors (Lipinski definition) is 1. The molecule has 1 saturated heterocycles. The molecule has 17 heavy (non-hydrogen) atoms. The van der Waals surface area contributed by atoms with Crippen LogP contribution in [0.2, 0.25) is 0 Å². The van der Waals surface area contributed by atoms with Crippen LogP contribution in [-0.2, 0) is 9.53 Å². The van der Waals surface area contributed by atoms with Gasteiger partial charge < -0.3 is 10.5 Å². The second kappa shape index (κ2) is 4.80. The third-order valence-electron chi connectivity index (χ3n) is 2.71. The summed E-state index contributed by atoms with van der Waals surface area (Å²) in [6.07, 6.45) is 0.411. The van der Waals surface area contributed by atoms with Crippen LogP contribution < -0.4 is 10.6 Å². The average Bonchev–Trinajstić information content (AvgIpc) is 2.93. The molecule has 0 aromatic carbocycles. The first-order valence-corrected chi connectivity index (χ1v) is 6.07. The van der Waals surface area contributed by atoms with Gasteiger partial charge in [-0.05, 0) is 12.5 Å². The SMILES string of the molecule is COC(=O)c1scnc1N1CC(CN)CC1=O. The van der Waals surface area contributed by atoms with E-state index in [1.807, 2.05) is 0 Å². The lowest BCUT2D eigenvalue weighted by molar-refractivity contribution is -0.117. The van der Waals surface area contributed by atoms with E-state index in [1.165, 1.54) is 28.9 Å². The van der Waals surface area contributed by atoms with E-state index in [1.54, 1.807) is 0 Å². The Morgan fingerprint density at radius 2 is 2.53 bits per heavy atom. The van der Waals surface area contributed by atoms with E-state index in [2.05, 4.69) is 9.72 Å². The molecule has 1 amide bonds. The number of carbonyl (C=O) groups excluding carboxylic acids is 2. The lowest BCUT2D eigenvalue weighted by Gasteiger charge is -2.14. The first-order chi connectivity index (χ1) is 8.17. The van der Waals surface area contributed by atoms with Crippen molar-refractivity contribution in [2.45, 2.75) is 6.42 Å². The van der Waals surface area contributed by atoms with Crippen LogP contribution in [-0.4, -0.2) is 37.1 Å². The molecule has 1 aliphatic rings. The van der Waals surface area contributed by atoms with Gasteiger partial charge in [0.15, 0.2) is 10.7 Å². The number of nitrogens with two attached hydrogens (primary N) is 1. The molecule has 1 aromatic heterocycles. The van der Waals surface area contributed by atoms with E-state index in [0.29, 0.717) is 30.2 Å². The zero-order chi connectivity index (χ0) is 12.4. The zero-order valence-electron chi connectivity index (χ0n) is 9.38. The van der Waals surface area contributed by atoms with Gasteiger partial charge in [0.2, 0.25) is 5.91 Å². The number of anilines is 1. The maximum absolute atomic E-state index is 11.8. The summed E-state index contributed by atoms with van der Waals surface area (Å²) in [5.41, 5.74) is 7.08. The summed E-state index contributed by atoms with van der Waals surface area (Å²) in [5, 5.41) is 0. The topological polar surface area (TPSA) is 85.5 Å². The Balaban J connectivity index is 2.26. The molecule has 0 radical (unpaired) electrons. The van der Waals surface area contributed by atoms with Gasteiger partial charge in [-0.1, -0.05) is 0 Å². The highest BCUT2D eigenvalue weighted by atomic mass is 32.1. The Morgan fingerprint density at radius 1 is 1.76 bits per heavy atom. The highest BCUT2D eigenvalue weighted by molar-refractivity contribution is 7.12. The third-order valence-corrected chi connectivity index (χ3v) is 3.51. The van der Waals surface area contributed by atoms with Gasteiger partial charge in [0, 0.05) is 13.0 Å². The van der Waals surface area contributed by atoms with Crippen LogP contribution in [0.1, 0.15) is 16.1 Å². The molecule has 2 heterocycles. The highest BCUT2D eigenvalue weighted by Gasteiger charge is 2.33. The van der Waals surface area contributed by atoms with Crippen LogP contribution in [0.15, 0.2) is 5.51 Å². The van der Waals surface area contributed by atoms with Gasteiger partial charge in [-0.3, -0.25) is 9.69 Å². The number of thiazole rings is 1. The number of hydrogen-bond acceptors (Lipinski definition) is 6. The van der Waals surface area contributed by atoms with Gasteiger partial charge in [0.05, 0.1) is 12.6 Å². The van der Waals surface area contributed by atoms with E-state index >= 15 is 0 Å². The predicted molar refractivity (Wildman–Crippen MR) is 63.0 cm³/mol. The fourth-order valence-electron chi connectivity index (χ4n) is 1.81. The van der Waals surface area contributed by atoms with Crippen LogP contribution in [0.25, 0.3) is 0 Å². The molecule has 7 heteroatoms. The monoisotopic (exact) mass is 255 g/mol. The molecular weight excluding hydrogens is 242 g/mol. The number of esters is 1. The molecule has 1 aromatic rings. The maximum atomic E-state index is 11.8. The van der Waals surface area contributed by atoms with E-state index in [9.17, 15) is 9.59 Å². The molecule has 1 fully saturated rings. The van der Waals surface area contributed by atoms with Crippen LogP contribution in [0.5, 0.6) is 0 Å². The van der Waals surface area contributed by atoms with Crippen molar-refractivity contribution < 1.29 is 14.3 Å². The highest BCUT2D eigenvalue weighted by Crippen LogP contribution is 2.29. The van der Waals surface area contributed by atoms with Gasteiger partial charge in [-0.2, -0.15) is 0 Å². The van der Waals surface area contributed by atoms with Crippen molar-refractivity contribution in [3.05, 3.63) is 10.4 Å². The minimum absolute atomic E-state index is 0.0449. The van der Waals surface area contributed by atoms with E-state index < -0.39 is 5.97 Å². The lowest BCUT2D eigenvalue weighted by Crippen LogP contribution is -2.27. The van der Waals surface area contributed by atoms with Crippen LogP contribution in [0.3, 0.4) is 0 Å². The van der Waals surface area contributed by atoms with E-state index in [4.69, 9.17) is 5.73 Å². The summed E-state index contributed by atoms with van der Waals surface area (Å²) in [6, 6.07) is 0. The largest absolute Gasteiger partial charge is 0.465 e. The molecular formula is C10H13N3O3S. The van der Waals surface area contributed by atoms with Gasteiger partial charge in [0.25, 0.3) is 0 Å². The summed E-state index contributed by atoms with van der Waals surface area (Å²) in [7, 11) is 1.31. The molecule has 2 rings (SSSR count). The Labute approximate surface area is 102 Å². The smallest absolute Gasteiger partial charge is 0.351 e. The van der Waals surface area contributed by atoms with Gasteiger partial charge in [-0.25, -0.2) is 9.78 Å². The molecule has 0 bridgehead atoms. The number of aromatic nitrogens is 1. The van der Waals surface area contributed by atoms with Crippen molar-refractivity contribution in [1.82, 2.24) is 4.98 Å². The minimum atomic E-state index is -0.466. The molecule has 6 nitrogen and oxygen atoms in total. The number of ether oxygens (including phenoxy) is 1. The summed E-state index contributed by atoms with van der Waals surface area (Å²) >= 11 is 1.17. The molecule has 0 aliphatic carbocycles. The molecule has 1 atom stereocenters. The fraction of sp³-hybridized carbons (Fsp3) is 0.500. The second-order valence-electron chi connectivity index (χ2n) is 3.81. The van der Waals surface area contributed by atoms with Crippen LogP contribution in [0, 0.1) is 5.92 Å². The first kappa shape index (κ1) is 12.0. The van der Waals surface area contributed by atoms with Crippen molar-refractivity contribution >= 4 is 29.0 Å². The van der Waals surface area contributed by atoms with E-state index in [-0.39, 0.29) is 11.8 Å². The van der Waals surface area contributed by atoms with Crippen molar-refractivity contribution in [1.29, 1.82) is 0 Å². The third kappa shape index (κ3) is 2.16. The van der Waals surface area contributed by atoms with Crippen molar-refractivity contribution in [2.75, 3.05) is 25.1 Å². The average molecular weight is 255 g/mol. The summed E-state index contributed by atoms with van der Waals surface area (Å²) in [6.45, 7) is 0.975. The number of amides is 1. The summed E-state index contributed by atoms with van der Waals surface area (Å²) < 4.78 is 4.65. The number of carbonyl (C=O) groups is 2. The Morgan fingerprint density at radius 3 is 3.12 bits per heavy atom. The summed E-state index contributed by atoms with van der Waals surface area (Å²) in [4.78, 5) is 29.2. The number of nitrogens with zero attached hydrogens (tertiary/aromatic N) is 2. The predicted octanol–water partition coefficient (Wildman–Crippen LogP) is 0.241.